The van der Waals surface area contributed by atoms with Crippen LogP contribution < -0.4 is 5.32 Å². The first kappa shape index (κ1) is 18.3. The van der Waals surface area contributed by atoms with Crippen molar-refractivity contribution in [3.63, 3.8) is 0 Å². The summed E-state index contributed by atoms with van der Waals surface area (Å²) >= 11 is 1.44. The molecule has 0 saturated carbocycles. The van der Waals surface area contributed by atoms with Gasteiger partial charge in [0.15, 0.2) is 0 Å². The second-order valence-corrected chi connectivity index (χ2v) is 8.31. The Labute approximate surface area is 152 Å². The number of aromatic nitrogens is 1. The van der Waals surface area contributed by atoms with Crippen LogP contribution in [0.15, 0.2) is 0 Å². The lowest BCUT2D eigenvalue weighted by Crippen LogP contribution is -2.47. The Morgan fingerprint density at radius 1 is 1.36 bits per heavy atom. The standard InChI is InChI=1S/C17H26N4O3S/c1-10-16(25-11(2)18-10)17(23)19-12-5-13-9-24-14(8-21(13)7-12)6-15(22)20(3)4/h12-14H,5-9H2,1-4H3,(H,19,23)/t12-,13+,14+/m1/s1. The molecular weight excluding hydrogens is 340 g/mol. The Balaban J connectivity index is 1.54. The SMILES string of the molecule is Cc1nc(C)c(C(=O)N[C@@H]2C[C@H]3CO[C@@H](CC(=O)N(C)C)CN3C2)s1. The molecule has 3 rings (SSSR count). The molecule has 138 valence electrons. The van der Waals surface area contributed by atoms with Crippen molar-refractivity contribution in [2.45, 2.75) is 44.9 Å². The lowest BCUT2D eigenvalue weighted by atomic mass is 10.1. The number of nitrogens with one attached hydrogen (secondary N) is 1. The number of carbonyl (C=O) groups is 2. The minimum Gasteiger partial charge on any atom is -0.375 e. The van der Waals surface area contributed by atoms with Gasteiger partial charge < -0.3 is 15.0 Å². The summed E-state index contributed by atoms with van der Waals surface area (Å²) in [5.74, 6) is 0.0525. The highest BCUT2D eigenvalue weighted by Gasteiger charge is 2.38. The summed E-state index contributed by atoms with van der Waals surface area (Å²) in [5.41, 5.74) is 0.793. The van der Waals surface area contributed by atoms with Gasteiger partial charge in [-0.25, -0.2) is 4.98 Å². The first-order valence-corrected chi connectivity index (χ1v) is 9.45. The van der Waals surface area contributed by atoms with E-state index in [2.05, 4.69) is 15.2 Å². The molecule has 2 saturated heterocycles. The smallest absolute Gasteiger partial charge is 0.263 e. The molecule has 0 bridgehead atoms. The van der Waals surface area contributed by atoms with Gasteiger partial charge in [-0.2, -0.15) is 0 Å². The van der Waals surface area contributed by atoms with Crippen LogP contribution in [0, 0.1) is 13.8 Å². The van der Waals surface area contributed by atoms with Crippen LogP contribution in [-0.4, -0.2) is 78.6 Å². The topological polar surface area (TPSA) is 74.8 Å². The molecule has 0 aromatic carbocycles. The Morgan fingerprint density at radius 2 is 2.12 bits per heavy atom. The number of hydrogen-bond donors (Lipinski definition) is 1. The van der Waals surface area contributed by atoms with Crippen molar-refractivity contribution in [3.05, 3.63) is 15.6 Å². The molecule has 2 aliphatic rings. The van der Waals surface area contributed by atoms with Gasteiger partial charge >= 0.3 is 0 Å². The molecule has 2 amide bonds. The van der Waals surface area contributed by atoms with Crippen LogP contribution in [-0.2, 0) is 9.53 Å². The van der Waals surface area contributed by atoms with E-state index in [9.17, 15) is 9.59 Å². The fourth-order valence-corrected chi connectivity index (χ4v) is 4.36. The molecule has 8 heteroatoms. The van der Waals surface area contributed by atoms with Crippen molar-refractivity contribution in [2.75, 3.05) is 33.8 Å². The molecule has 25 heavy (non-hydrogen) atoms. The van der Waals surface area contributed by atoms with Crippen LogP contribution in [0.2, 0.25) is 0 Å². The average molecular weight is 366 g/mol. The highest BCUT2D eigenvalue weighted by molar-refractivity contribution is 7.13. The van der Waals surface area contributed by atoms with Crippen LogP contribution in [0.4, 0.5) is 0 Å². The largest absolute Gasteiger partial charge is 0.375 e. The predicted molar refractivity (Wildman–Crippen MR) is 95.9 cm³/mol. The lowest BCUT2D eigenvalue weighted by molar-refractivity contribution is -0.134. The summed E-state index contributed by atoms with van der Waals surface area (Å²) in [5, 5.41) is 4.05. The Morgan fingerprint density at radius 3 is 2.76 bits per heavy atom. The van der Waals surface area contributed by atoms with Crippen molar-refractivity contribution in [3.8, 4) is 0 Å². The van der Waals surface area contributed by atoms with E-state index in [4.69, 9.17) is 4.74 Å². The van der Waals surface area contributed by atoms with Crippen LogP contribution >= 0.6 is 11.3 Å². The molecular formula is C17H26N4O3S. The molecule has 3 heterocycles. The minimum absolute atomic E-state index is 0.0341. The number of fused-ring (bicyclic) bond motifs is 1. The first-order chi connectivity index (χ1) is 11.8. The van der Waals surface area contributed by atoms with Crippen LogP contribution in [0.5, 0.6) is 0 Å². The molecule has 1 N–H and O–H groups in total. The van der Waals surface area contributed by atoms with E-state index in [1.165, 1.54) is 11.3 Å². The van der Waals surface area contributed by atoms with Gasteiger partial charge in [-0.05, 0) is 20.3 Å². The van der Waals surface area contributed by atoms with E-state index in [0.29, 0.717) is 23.9 Å². The maximum absolute atomic E-state index is 12.5. The molecule has 7 nitrogen and oxygen atoms in total. The van der Waals surface area contributed by atoms with Gasteiger partial charge in [0.25, 0.3) is 5.91 Å². The van der Waals surface area contributed by atoms with E-state index in [-0.39, 0.29) is 24.0 Å². The second kappa shape index (κ2) is 7.39. The van der Waals surface area contributed by atoms with E-state index in [1.54, 1.807) is 19.0 Å². The third kappa shape index (κ3) is 4.19. The van der Waals surface area contributed by atoms with Crippen molar-refractivity contribution in [1.29, 1.82) is 0 Å². The van der Waals surface area contributed by atoms with Gasteiger partial charge in [-0.1, -0.05) is 0 Å². The van der Waals surface area contributed by atoms with E-state index in [0.717, 1.165) is 30.2 Å². The van der Waals surface area contributed by atoms with E-state index < -0.39 is 0 Å². The predicted octanol–water partition coefficient (Wildman–Crippen LogP) is 0.810. The zero-order chi connectivity index (χ0) is 18.1. The van der Waals surface area contributed by atoms with Crippen LogP contribution in [0.1, 0.15) is 33.2 Å². The molecule has 1 aromatic heterocycles. The Hall–Kier alpha value is -1.51. The molecule has 0 aliphatic carbocycles. The quantitative estimate of drug-likeness (QED) is 0.854. The van der Waals surface area contributed by atoms with Gasteiger partial charge in [-0.3, -0.25) is 14.5 Å². The van der Waals surface area contributed by atoms with Gasteiger partial charge in [0, 0.05) is 39.3 Å². The zero-order valence-corrected chi connectivity index (χ0v) is 16.1. The fourth-order valence-electron chi connectivity index (χ4n) is 3.54. The summed E-state index contributed by atoms with van der Waals surface area (Å²) in [6.07, 6.45) is 1.23. The average Bonchev–Trinajstić information content (AvgIpc) is 3.08. The Kier molecular flexibility index (Phi) is 5.41. The molecule has 0 unspecified atom stereocenters. The number of ether oxygens (including phenoxy) is 1. The summed E-state index contributed by atoms with van der Waals surface area (Å²) in [7, 11) is 3.52. The number of aryl methyl sites for hydroxylation is 2. The monoisotopic (exact) mass is 366 g/mol. The first-order valence-electron chi connectivity index (χ1n) is 8.64. The molecule has 2 fully saturated rings. The summed E-state index contributed by atoms with van der Waals surface area (Å²) < 4.78 is 5.86. The van der Waals surface area contributed by atoms with Crippen molar-refractivity contribution < 1.29 is 14.3 Å². The number of morpholine rings is 1. The van der Waals surface area contributed by atoms with Gasteiger partial charge in [0.2, 0.25) is 5.91 Å². The van der Waals surface area contributed by atoms with Crippen molar-refractivity contribution >= 4 is 23.2 Å². The maximum atomic E-state index is 12.5. The van der Waals surface area contributed by atoms with Crippen molar-refractivity contribution in [1.82, 2.24) is 20.1 Å². The van der Waals surface area contributed by atoms with Gasteiger partial charge in [-0.15, -0.1) is 11.3 Å². The molecule has 0 spiro atoms. The summed E-state index contributed by atoms with van der Waals surface area (Å²) in [4.78, 5) is 33.3. The maximum Gasteiger partial charge on any atom is 0.263 e. The fraction of sp³-hybridized carbons (Fsp3) is 0.706. The van der Waals surface area contributed by atoms with Crippen LogP contribution in [0.3, 0.4) is 0 Å². The number of amides is 2. The number of hydrogen-bond acceptors (Lipinski definition) is 6. The zero-order valence-electron chi connectivity index (χ0n) is 15.2. The number of rotatable bonds is 4. The number of carbonyl (C=O) groups excluding carboxylic acids is 2. The minimum atomic E-state index is -0.0630. The third-order valence-electron chi connectivity index (χ3n) is 4.84. The molecule has 3 atom stereocenters. The highest BCUT2D eigenvalue weighted by atomic mass is 32.1. The summed E-state index contributed by atoms with van der Waals surface area (Å²) in [6, 6.07) is 0.437. The summed E-state index contributed by atoms with van der Waals surface area (Å²) in [6.45, 7) is 5.96. The molecule has 2 aliphatic heterocycles. The van der Waals surface area contributed by atoms with E-state index >= 15 is 0 Å². The van der Waals surface area contributed by atoms with Crippen LogP contribution in [0.25, 0.3) is 0 Å². The van der Waals surface area contributed by atoms with Crippen molar-refractivity contribution in [2.24, 2.45) is 0 Å². The normalized spacial score (nSPS) is 26.3. The Bertz CT molecular complexity index is 660. The van der Waals surface area contributed by atoms with Gasteiger partial charge in [0.05, 0.1) is 29.8 Å². The lowest BCUT2D eigenvalue weighted by Gasteiger charge is -2.35. The highest BCUT2D eigenvalue weighted by Crippen LogP contribution is 2.25. The second-order valence-electron chi connectivity index (χ2n) is 7.11. The number of thiazole rings is 1. The molecule has 0 radical (unpaired) electrons. The van der Waals surface area contributed by atoms with Gasteiger partial charge in [0.1, 0.15) is 4.88 Å². The third-order valence-corrected chi connectivity index (χ3v) is 5.91. The number of nitrogens with zero attached hydrogens (tertiary/aromatic N) is 3. The van der Waals surface area contributed by atoms with E-state index in [1.807, 2.05) is 13.8 Å². The molecule has 1 aromatic rings.